The number of hydrogen-bond acceptors (Lipinski definition) is 5. The van der Waals surface area contributed by atoms with Gasteiger partial charge < -0.3 is 18.9 Å². The van der Waals surface area contributed by atoms with E-state index in [4.69, 9.17) is 30.5 Å². The van der Waals surface area contributed by atoms with E-state index in [-0.39, 0.29) is 13.4 Å². The van der Waals surface area contributed by atoms with Gasteiger partial charge >= 0.3 is 0 Å². The number of carbonyl (C=O) groups excluding carboxylic acids is 1. The van der Waals surface area contributed by atoms with Gasteiger partial charge in [-0.3, -0.25) is 4.79 Å². The Bertz CT molecular complexity index is 714. The molecular formula is C16H13ClO5. The third kappa shape index (κ3) is 2.80. The summed E-state index contributed by atoms with van der Waals surface area (Å²) in [5, 5.41) is 0.474. The van der Waals surface area contributed by atoms with Gasteiger partial charge in [-0.05, 0) is 35.9 Å². The lowest BCUT2D eigenvalue weighted by Gasteiger charge is -2.12. The van der Waals surface area contributed by atoms with E-state index < -0.39 is 0 Å². The van der Waals surface area contributed by atoms with Crippen LogP contribution in [0.3, 0.4) is 0 Å². The van der Waals surface area contributed by atoms with E-state index in [1.807, 2.05) is 6.07 Å². The molecule has 0 fully saturated rings. The molecule has 0 unspecified atom stereocenters. The minimum atomic E-state index is 0.161. The van der Waals surface area contributed by atoms with Crippen LogP contribution in [-0.4, -0.2) is 20.2 Å². The highest BCUT2D eigenvalue weighted by atomic mass is 35.5. The van der Waals surface area contributed by atoms with Gasteiger partial charge in [-0.15, -0.1) is 0 Å². The van der Waals surface area contributed by atoms with Crippen molar-refractivity contribution in [1.82, 2.24) is 0 Å². The van der Waals surface area contributed by atoms with E-state index in [2.05, 4.69) is 0 Å². The highest BCUT2D eigenvalue weighted by Gasteiger charge is 2.18. The number of methoxy groups -OCH3 is 1. The van der Waals surface area contributed by atoms with E-state index in [1.165, 1.54) is 0 Å². The SMILES string of the molecule is COc1ccc(C=O)cc1OCc1cc(Cl)c2c(c1)OCO2. The lowest BCUT2D eigenvalue weighted by molar-refractivity contribution is 0.112. The zero-order valence-electron chi connectivity index (χ0n) is 11.8. The Kier molecular flexibility index (Phi) is 4.06. The van der Waals surface area contributed by atoms with Gasteiger partial charge in [0.15, 0.2) is 23.0 Å². The van der Waals surface area contributed by atoms with Crippen molar-refractivity contribution >= 4 is 17.9 Å². The molecule has 0 spiro atoms. The zero-order valence-corrected chi connectivity index (χ0v) is 12.6. The summed E-state index contributed by atoms with van der Waals surface area (Å²) in [7, 11) is 1.54. The predicted octanol–water partition coefficient (Wildman–Crippen LogP) is 3.47. The van der Waals surface area contributed by atoms with Crippen molar-refractivity contribution in [2.75, 3.05) is 13.9 Å². The molecular weight excluding hydrogens is 308 g/mol. The van der Waals surface area contributed by atoms with Crippen LogP contribution in [0.25, 0.3) is 0 Å². The van der Waals surface area contributed by atoms with E-state index in [0.717, 1.165) is 11.8 Å². The zero-order chi connectivity index (χ0) is 15.5. The second kappa shape index (κ2) is 6.15. The van der Waals surface area contributed by atoms with Gasteiger partial charge in [-0.2, -0.15) is 0 Å². The Hall–Kier alpha value is -2.40. The number of halogens is 1. The first-order valence-corrected chi connectivity index (χ1v) is 6.93. The molecule has 0 aromatic heterocycles. The van der Waals surface area contributed by atoms with Crippen molar-refractivity contribution in [3.63, 3.8) is 0 Å². The summed E-state index contributed by atoms with van der Waals surface area (Å²) in [6.45, 7) is 0.420. The maximum atomic E-state index is 10.9. The lowest BCUT2D eigenvalue weighted by Crippen LogP contribution is -1.99. The quantitative estimate of drug-likeness (QED) is 0.790. The van der Waals surface area contributed by atoms with Gasteiger partial charge in [0, 0.05) is 5.56 Å². The molecule has 6 heteroatoms. The average Bonchev–Trinajstić information content (AvgIpc) is 3.01. The molecule has 2 aromatic carbocycles. The summed E-state index contributed by atoms with van der Waals surface area (Å²) in [5.41, 5.74) is 1.34. The standard InChI is InChI=1S/C16H13ClO5/c1-19-13-3-2-10(7-18)5-14(13)20-8-11-4-12(17)16-15(6-11)21-9-22-16/h2-7H,8-9H2,1H3. The molecule has 0 atom stereocenters. The molecule has 0 aliphatic carbocycles. The fraction of sp³-hybridized carbons (Fsp3) is 0.188. The fourth-order valence-corrected chi connectivity index (χ4v) is 2.43. The molecule has 0 N–H and O–H groups in total. The van der Waals surface area contributed by atoms with Crippen molar-refractivity contribution in [3.8, 4) is 23.0 Å². The van der Waals surface area contributed by atoms with Gasteiger partial charge in [0.2, 0.25) is 6.79 Å². The van der Waals surface area contributed by atoms with Gasteiger partial charge in [-0.1, -0.05) is 11.6 Å². The second-order valence-electron chi connectivity index (χ2n) is 4.63. The van der Waals surface area contributed by atoms with Crippen LogP contribution in [0.4, 0.5) is 0 Å². The summed E-state index contributed by atoms with van der Waals surface area (Å²) in [4.78, 5) is 10.9. The summed E-state index contributed by atoms with van der Waals surface area (Å²) < 4.78 is 21.5. The van der Waals surface area contributed by atoms with Crippen molar-refractivity contribution in [3.05, 3.63) is 46.5 Å². The predicted molar refractivity (Wildman–Crippen MR) is 80.3 cm³/mol. The molecule has 0 saturated heterocycles. The fourth-order valence-electron chi connectivity index (χ4n) is 2.14. The molecule has 0 amide bonds. The first-order chi connectivity index (χ1) is 10.7. The topological polar surface area (TPSA) is 54.0 Å². The normalized spacial score (nSPS) is 12.1. The first-order valence-electron chi connectivity index (χ1n) is 6.55. The molecule has 0 radical (unpaired) electrons. The Balaban J connectivity index is 1.81. The highest BCUT2D eigenvalue weighted by molar-refractivity contribution is 6.32. The third-order valence-corrected chi connectivity index (χ3v) is 3.49. The number of ether oxygens (including phenoxy) is 4. The largest absolute Gasteiger partial charge is 0.493 e. The van der Waals surface area contributed by atoms with Crippen LogP contribution in [0.15, 0.2) is 30.3 Å². The van der Waals surface area contributed by atoms with Gasteiger partial charge in [0.1, 0.15) is 12.9 Å². The summed E-state index contributed by atoms with van der Waals surface area (Å²) in [5.74, 6) is 2.18. The van der Waals surface area contributed by atoms with Crippen molar-refractivity contribution < 1.29 is 23.7 Å². The van der Waals surface area contributed by atoms with Gasteiger partial charge in [-0.25, -0.2) is 0 Å². The minimum Gasteiger partial charge on any atom is -0.493 e. The number of carbonyl (C=O) groups is 1. The van der Waals surface area contributed by atoms with Crippen LogP contribution in [0, 0.1) is 0 Å². The Morgan fingerprint density at radius 1 is 1.23 bits per heavy atom. The lowest BCUT2D eigenvalue weighted by atomic mass is 10.2. The van der Waals surface area contributed by atoms with Crippen molar-refractivity contribution in [2.45, 2.75) is 6.61 Å². The summed E-state index contributed by atoms with van der Waals surface area (Å²) >= 11 is 6.13. The maximum Gasteiger partial charge on any atom is 0.231 e. The number of benzene rings is 2. The van der Waals surface area contributed by atoms with Crippen LogP contribution < -0.4 is 18.9 Å². The van der Waals surface area contributed by atoms with Crippen molar-refractivity contribution in [1.29, 1.82) is 0 Å². The summed E-state index contributed by atoms with van der Waals surface area (Å²) in [6.07, 6.45) is 0.754. The third-order valence-electron chi connectivity index (χ3n) is 3.21. The van der Waals surface area contributed by atoms with E-state index >= 15 is 0 Å². The van der Waals surface area contributed by atoms with Gasteiger partial charge in [0.05, 0.1) is 12.1 Å². The number of aldehydes is 1. The molecule has 114 valence electrons. The molecule has 0 saturated carbocycles. The number of fused-ring (bicyclic) bond motifs is 1. The maximum absolute atomic E-state index is 10.9. The average molecular weight is 321 g/mol. The molecule has 3 rings (SSSR count). The molecule has 1 aliphatic rings. The number of hydrogen-bond donors (Lipinski definition) is 0. The molecule has 2 aromatic rings. The van der Waals surface area contributed by atoms with Gasteiger partial charge in [0.25, 0.3) is 0 Å². The second-order valence-corrected chi connectivity index (χ2v) is 5.04. The van der Waals surface area contributed by atoms with Crippen LogP contribution in [-0.2, 0) is 6.61 Å². The smallest absolute Gasteiger partial charge is 0.231 e. The molecule has 1 heterocycles. The Labute approximate surface area is 132 Å². The Morgan fingerprint density at radius 2 is 2.09 bits per heavy atom. The monoisotopic (exact) mass is 320 g/mol. The highest BCUT2D eigenvalue weighted by Crippen LogP contribution is 2.40. The molecule has 5 nitrogen and oxygen atoms in total. The summed E-state index contributed by atoms with van der Waals surface area (Å²) in [6, 6.07) is 8.54. The van der Waals surface area contributed by atoms with Crippen LogP contribution in [0.1, 0.15) is 15.9 Å². The molecule has 22 heavy (non-hydrogen) atoms. The molecule has 1 aliphatic heterocycles. The molecule has 0 bridgehead atoms. The van der Waals surface area contributed by atoms with Crippen LogP contribution >= 0.6 is 11.6 Å². The minimum absolute atomic E-state index is 0.161. The van der Waals surface area contributed by atoms with E-state index in [9.17, 15) is 4.79 Å². The van der Waals surface area contributed by atoms with Crippen molar-refractivity contribution in [2.24, 2.45) is 0 Å². The number of rotatable bonds is 5. The Morgan fingerprint density at radius 3 is 2.86 bits per heavy atom. The van der Waals surface area contributed by atoms with Crippen LogP contribution in [0.5, 0.6) is 23.0 Å². The first kappa shape index (κ1) is 14.5. The van der Waals surface area contributed by atoms with Crippen LogP contribution in [0.2, 0.25) is 5.02 Å². The van der Waals surface area contributed by atoms with E-state index in [0.29, 0.717) is 33.6 Å². The van der Waals surface area contributed by atoms with E-state index in [1.54, 1.807) is 31.4 Å².